The number of para-hydroxylation sites is 1. The van der Waals surface area contributed by atoms with E-state index in [1.807, 2.05) is 31.2 Å². The molecule has 1 saturated carbocycles. The lowest BCUT2D eigenvalue weighted by Crippen LogP contribution is -2.02. The standard InChI is InChI=1S/C14H14O2/c1-9-4-2-5-10-8-13(16-14(9)10)11-6-3-7-12(11)15/h2,4-5,8,11H,3,6-7H2,1H3. The van der Waals surface area contributed by atoms with Crippen LogP contribution in [0.2, 0.25) is 0 Å². The number of rotatable bonds is 1. The highest BCUT2D eigenvalue weighted by Crippen LogP contribution is 2.35. The minimum absolute atomic E-state index is 0.00630. The van der Waals surface area contributed by atoms with Crippen molar-refractivity contribution in [1.29, 1.82) is 0 Å². The van der Waals surface area contributed by atoms with Crippen LogP contribution in [-0.4, -0.2) is 5.78 Å². The van der Waals surface area contributed by atoms with Crippen LogP contribution in [0.15, 0.2) is 28.7 Å². The Kier molecular flexibility index (Phi) is 2.10. The predicted octanol–water partition coefficient (Wildman–Crippen LogP) is 3.58. The van der Waals surface area contributed by atoms with Crippen molar-refractivity contribution in [2.45, 2.75) is 32.1 Å². The summed E-state index contributed by atoms with van der Waals surface area (Å²) in [5, 5.41) is 1.11. The molecule has 0 radical (unpaired) electrons. The van der Waals surface area contributed by atoms with Crippen molar-refractivity contribution in [3.05, 3.63) is 35.6 Å². The SMILES string of the molecule is Cc1cccc2cc(C3CCCC3=O)oc12. The van der Waals surface area contributed by atoms with Gasteiger partial charge in [-0.1, -0.05) is 18.2 Å². The van der Waals surface area contributed by atoms with Gasteiger partial charge in [-0.05, 0) is 31.4 Å². The molecular formula is C14H14O2. The van der Waals surface area contributed by atoms with Crippen molar-refractivity contribution in [2.75, 3.05) is 0 Å². The third-order valence-corrected chi connectivity index (χ3v) is 3.41. The number of ketones is 1. The number of aryl methyl sites for hydroxylation is 1. The van der Waals surface area contributed by atoms with E-state index >= 15 is 0 Å². The maximum atomic E-state index is 11.7. The zero-order chi connectivity index (χ0) is 11.1. The fraction of sp³-hybridized carbons (Fsp3) is 0.357. The Hall–Kier alpha value is -1.57. The van der Waals surface area contributed by atoms with Gasteiger partial charge in [0.25, 0.3) is 0 Å². The van der Waals surface area contributed by atoms with Gasteiger partial charge in [0.05, 0.1) is 5.92 Å². The summed E-state index contributed by atoms with van der Waals surface area (Å²) < 4.78 is 5.83. The number of Topliss-reactive ketones (excluding diaryl/α,β-unsaturated/α-hetero) is 1. The van der Waals surface area contributed by atoms with Gasteiger partial charge in [-0.3, -0.25) is 4.79 Å². The molecule has 0 amide bonds. The first-order valence-electron chi connectivity index (χ1n) is 5.77. The number of hydrogen-bond acceptors (Lipinski definition) is 2. The molecular weight excluding hydrogens is 200 g/mol. The Morgan fingerprint density at radius 2 is 2.25 bits per heavy atom. The Bertz CT molecular complexity index is 551. The fourth-order valence-electron chi connectivity index (χ4n) is 2.52. The van der Waals surface area contributed by atoms with Crippen LogP contribution in [0.4, 0.5) is 0 Å². The zero-order valence-corrected chi connectivity index (χ0v) is 9.32. The Balaban J connectivity index is 2.11. The molecule has 82 valence electrons. The second kappa shape index (κ2) is 3.48. The molecule has 2 aromatic rings. The summed E-state index contributed by atoms with van der Waals surface area (Å²) in [5.41, 5.74) is 2.06. The molecule has 1 aromatic carbocycles. The highest BCUT2D eigenvalue weighted by Gasteiger charge is 2.28. The minimum atomic E-state index is 0.00630. The smallest absolute Gasteiger partial charge is 0.143 e. The van der Waals surface area contributed by atoms with Gasteiger partial charge >= 0.3 is 0 Å². The summed E-state index contributed by atoms with van der Waals surface area (Å²) in [7, 11) is 0. The van der Waals surface area contributed by atoms with E-state index in [4.69, 9.17) is 4.42 Å². The molecule has 1 unspecified atom stereocenters. The fourth-order valence-corrected chi connectivity index (χ4v) is 2.52. The molecule has 0 N–H and O–H groups in total. The van der Waals surface area contributed by atoms with Gasteiger partial charge in [0.15, 0.2) is 0 Å². The van der Waals surface area contributed by atoms with E-state index in [0.717, 1.165) is 35.1 Å². The maximum absolute atomic E-state index is 11.7. The van der Waals surface area contributed by atoms with Crippen LogP contribution in [0.1, 0.15) is 36.5 Å². The second-order valence-corrected chi connectivity index (χ2v) is 4.55. The van der Waals surface area contributed by atoms with E-state index in [1.54, 1.807) is 0 Å². The Morgan fingerprint density at radius 1 is 1.38 bits per heavy atom. The van der Waals surface area contributed by atoms with Gasteiger partial charge < -0.3 is 4.42 Å². The molecule has 0 saturated heterocycles. The second-order valence-electron chi connectivity index (χ2n) is 4.55. The van der Waals surface area contributed by atoms with E-state index in [0.29, 0.717) is 12.2 Å². The zero-order valence-electron chi connectivity index (χ0n) is 9.32. The van der Waals surface area contributed by atoms with Gasteiger partial charge in [-0.2, -0.15) is 0 Å². The van der Waals surface area contributed by atoms with Gasteiger partial charge in [0.1, 0.15) is 17.1 Å². The van der Waals surface area contributed by atoms with E-state index in [9.17, 15) is 4.79 Å². The number of carbonyl (C=O) groups excluding carboxylic acids is 1. The topological polar surface area (TPSA) is 30.2 Å². The molecule has 1 aliphatic rings. The molecule has 1 atom stereocenters. The number of furan rings is 1. The van der Waals surface area contributed by atoms with Crippen molar-refractivity contribution in [2.24, 2.45) is 0 Å². The van der Waals surface area contributed by atoms with Crippen LogP contribution in [0, 0.1) is 6.92 Å². The summed E-state index contributed by atoms with van der Waals surface area (Å²) in [5.74, 6) is 1.19. The molecule has 0 spiro atoms. The van der Waals surface area contributed by atoms with Gasteiger partial charge in [-0.15, -0.1) is 0 Å². The third-order valence-electron chi connectivity index (χ3n) is 3.41. The summed E-state index contributed by atoms with van der Waals surface area (Å²) in [6.07, 6.45) is 2.65. The molecule has 0 aliphatic heterocycles. The normalized spacial score (nSPS) is 20.8. The summed E-state index contributed by atoms with van der Waals surface area (Å²) in [6, 6.07) is 8.12. The number of fused-ring (bicyclic) bond motifs is 1. The van der Waals surface area contributed by atoms with Crippen LogP contribution in [0.3, 0.4) is 0 Å². The van der Waals surface area contributed by atoms with Crippen LogP contribution < -0.4 is 0 Å². The summed E-state index contributed by atoms with van der Waals surface area (Å²) >= 11 is 0. The molecule has 1 heterocycles. The van der Waals surface area contributed by atoms with E-state index in [1.165, 1.54) is 0 Å². The molecule has 3 rings (SSSR count). The molecule has 16 heavy (non-hydrogen) atoms. The van der Waals surface area contributed by atoms with E-state index in [2.05, 4.69) is 0 Å². The third kappa shape index (κ3) is 1.37. The van der Waals surface area contributed by atoms with E-state index in [-0.39, 0.29) is 5.92 Å². The first kappa shape index (κ1) is 9.64. The average molecular weight is 214 g/mol. The number of hydrogen-bond donors (Lipinski definition) is 0. The first-order valence-corrected chi connectivity index (χ1v) is 5.77. The lowest BCUT2D eigenvalue weighted by atomic mass is 10.0. The largest absolute Gasteiger partial charge is 0.460 e. The monoisotopic (exact) mass is 214 g/mol. The van der Waals surface area contributed by atoms with Crippen LogP contribution >= 0.6 is 0 Å². The van der Waals surface area contributed by atoms with Crippen LogP contribution in [0.25, 0.3) is 11.0 Å². The highest BCUT2D eigenvalue weighted by atomic mass is 16.3. The molecule has 1 aliphatic carbocycles. The number of carbonyl (C=O) groups is 1. The van der Waals surface area contributed by atoms with Crippen molar-refractivity contribution in [3.8, 4) is 0 Å². The van der Waals surface area contributed by atoms with Gasteiger partial charge in [0.2, 0.25) is 0 Å². The maximum Gasteiger partial charge on any atom is 0.143 e. The van der Waals surface area contributed by atoms with Crippen molar-refractivity contribution in [3.63, 3.8) is 0 Å². The number of benzene rings is 1. The van der Waals surface area contributed by atoms with Crippen LogP contribution in [-0.2, 0) is 4.79 Å². The first-order chi connectivity index (χ1) is 7.75. The van der Waals surface area contributed by atoms with Gasteiger partial charge in [0, 0.05) is 11.8 Å². The molecule has 0 bridgehead atoms. The molecule has 1 aromatic heterocycles. The molecule has 2 nitrogen and oxygen atoms in total. The average Bonchev–Trinajstić information content (AvgIpc) is 2.84. The lowest BCUT2D eigenvalue weighted by molar-refractivity contribution is -0.118. The highest BCUT2D eigenvalue weighted by molar-refractivity contribution is 5.89. The van der Waals surface area contributed by atoms with E-state index < -0.39 is 0 Å². The van der Waals surface area contributed by atoms with Crippen molar-refractivity contribution in [1.82, 2.24) is 0 Å². The van der Waals surface area contributed by atoms with Crippen LogP contribution in [0.5, 0.6) is 0 Å². The van der Waals surface area contributed by atoms with Crippen molar-refractivity contribution < 1.29 is 9.21 Å². The molecule has 1 fully saturated rings. The minimum Gasteiger partial charge on any atom is -0.460 e. The Morgan fingerprint density at radius 3 is 2.94 bits per heavy atom. The Labute approximate surface area is 94.3 Å². The van der Waals surface area contributed by atoms with Crippen molar-refractivity contribution >= 4 is 16.8 Å². The quantitative estimate of drug-likeness (QED) is 0.726. The predicted molar refractivity (Wildman–Crippen MR) is 62.6 cm³/mol. The summed E-state index contributed by atoms with van der Waals surface area (Å²) in [4.78, 5) is 11.7. The lowest BCUT2D eigenvalue weighted by Gasteiger charge is -2.01. The summed E-state index contributed by atoms with van der Waals surface area (Å²) in [6.45, 7) is 2.03. The molecule has 2 heteroatoms. The van der Waals surface area contributed by atoms with Gasteiger partial charge in [-0.25, -0.2) is 0 Å².